The lowest BCUT2D eigenvalue weighted by Crippen LogP contribution is -2.41. The van der Waals surface area contributed by atoms with Crippen LogP contribution in [0.15, 0.2) is 48.5 Å². The number of halogens is 2. The van der Waals surface area contributed by atoms with Crippen LogP contribution in [0.5, 0.6) is 0 Å². The van der Waals surface area contributed by atoms with E-state index in [4.69, 9.17) is 23.2 Å². The number of carbonyl (C=O) groups is 3. The van der Waals surface area contributed by atoms with Gasteiger partial charge in [0.25, 0.3) is 5.91 Å². The van der Waals surface area contributed by atoms with Crippen molar-refractivity contribution in [3.63, 3.8) is 0 Å². The van der Waals surface area contributed by atoms with Gasteiger partial charge in [0.05, 0.1) is 16.2 Å². The van der Waals surface area contributed by atoms with Gasteiger partial charge in [0.1, 0.15) is 5.69 Å². The van der Waals surface area contributed by atoms with Crippen LogP contribution in [-0.4, -0.2) is 28.9 Å². The Morgan fingerprint density at radius 3 is 2.43 bits per heavy atom. The van der Waals surface area contributed by atoms with Gasteiger partial charge < -0.3 is 10.6 Å². The Bertz CT molecular complexity index is 1120. The predicted molar refractivity (Wildman–Crippen MR) is 119 cm³/mol. The molecule has 0 aliphatic rings. The molecular formula is C21H20Cl2N4O3. The topological polar surface area (TPSA) is 92.2 Å². The van der Waals surface area contributed by atoms with Crippen molar-refractivity contribution in [3.8, 4) is 0 Å². The van der Waals surface area contributed by atoms with Crippen LogP contribution in [0, 0.1) is 5.92 Å². The minimum Gasteiger partial charge on any atom is -0.348 e. The number of hydrogen-bond donors (Lipinski definition) is 3. The van der Waals surface area contributed by atoms with Crippen LogP contribution in [0.3, 0.4) is 0 Å². The van der Waals surface area contributed by atoms with Crippen LogP contribution in [0.25, 0.3) is 10.9 Å². The summed E-state index contributed by atoms with van der Waals surface area (Å²) in [6, 6.07) is 13.3. The zero-order chi connectivity index (χ0) is 21.8. The second-order valence-corrected chi connectivity index (χ2v) is 7.89. The molecule has 0 saturated carbocycles. The van der Waals surface area contributed by atoms with Gasteiger partial charge >= 0.3 is 11.8 Å². The summed E-state index contributed by atoms with van der Waals surface area (Å²) in [5.74, 6) is -2.02. The molecular weight excluding hydrogens is 427 g/mol. The maximum Gasteiger partial charge on any atom is 0.328 e. The van der Waals surface area contributed by atoms with Crippen LogP contribution in [0.1, 0.15) is 24.3 Å². The Morgan fingerprint density at radius 2 is 1.73 bits per heavy atom. The van der Waals surface area contributed by atoms with Gasteiger partial charge in [-0.25, -0.2) is 4.68 Å². The summed E-state index contributed by atoms with van der Waals surface area (Å²) in [4.78, 5) is 37.4. The molecule has 156 valence electrons. The van der Waals surface area contributed by atoms with Crippen molar-refractivity contribution in [1.82, 2.24) is 9.99 Å². The maximum absolute atomic E-state index is 12.9. The third-order valence-electron chi connectivity index (χ3n) is 4.21. The third-order valence-corrected chi connectivity index (χ3v) is 4.77. The summed E-state index contributed by atoms with van der Waals surface area (Å²) < 4.78 is 1.26. The smallest absolute Gasteiger partial charge is 0.328 e. The fourth-order valence-electron chi connectivity index (χ4n) is 2.75. The van der Waals surface area contributed by atoms with E-state index in [1.54, 1.807) is 48.5 Å². The molecule has 0 aliphatic heterocycles. The van der Waals surface area contributed by atoms with E-state index in [1.807, 2.05) is 13.8 Å². The number of nitrogens with one attached hydrogen (secondary N) is 3. The molecule has 0 saturated heterocycles. The van der Waals surface area contributed by atoms with E-state index in [1.165, 1.54) is 4.68 Å². The molecule has 3 aromatic rings. The number of rotatable bonds is 5. The molecule has 3 rings (SSSR count). The molecule has 0 fully saturated rings. The molecule has 0 radical (unpaired) electrons. The second-order valence-electron chi connectivity index (χ2n) is 7.05. The van der Waals surface area contributed by atoms with Gasteiger partial charge in [0, 0.05) is 17.0 Å². The van der Waals surface area contributed by atoms with E-state index < -0.39 is 17.7 Å². The molecule has 0 aliphatic carbocycles. The van der Waals surface area contributed by atoms with Crippen molar-refractivity contribution in [2.75, 3.05) is 17.3 Å². The highest BCUT2D eigenvalue weighted by Gasteiger charge is 2.21. The van der Waals surface area contributed by atoms with E-state index >= 15 is 0 Å². The highest BCUT2D eigenvalue weighted by molar-refractivity contribution is 6.38. The lowest BCUT2D eigenvalue weighted by Gasteiger charge is -2.13. The molecule has 9 heteroatoms. The Labute approximate surface area is 183 Å². The van der Waals surface area contributed by atoms with E-state index in [0.717, 1.165) is 0 Å². The summed E-state index contributed by atoms with van der Waals surface area (Å²) in [6.07, 6.45) is 0. The number of aromatic nitrogens is 1. The molecule has 1 aromatic heterocycles. The van der Waals surface area contributed by atoms with Crippen LogP contribution < -0.4 is 16.1 Å². The largest absolute Gasteiger partial charge is 0.348 e. The van der Waals surface area contributed by atoms with Crippen LogP contribution in [0.2, 0.25) is 10.0 Å². The van der Waals surface area contributed by atoms with Crippen molar-refractivity contribution in [3.05, 3.63) is 64.3 Å². The molecule has 0 spiro atoms. The van der Waals surface area contributed by atoms with E-state index in [9.17, 15) is 14.4 Å². The highest BCUT2D eigenvalue weighted by atomic mass is 35.5. The molecule has 0 unspecified atom stereocenters. The Hall–Kier alpha value is -3.03. The number of benzene rings is 2. The van der Waals surface area contributed by atoms with Crippen molar-refractivity contribution in [2.45, 2.75) is 13.8 Å². The summed E-state index contributed by atoms with van der Waals surface area (Å²) in [6.45, 7) is 4.19. The van der Waals surface area contributed by atoms with E-state index in [2.05, 4.69) is 16.1 Å². The summed E-state index contributed by atoms with van der Waals surface area (Å²) in [5.41, 5.74) is 3.52. The Morgan fingerprint density at radius 1 is 1.00 bits per heavy atom. The predicted octanol–water partition coefficient (Wildman–Crippen LogP) is 4.04. The second kappa shape index (κ2) is 9.19. The van der Waals surface area contributed by atoms with Crippen molar-refractivity contribution < 1.29 is 14.4 Å². The first-order valence-electron chi connectivity index (χ1n) is 9.22. The minimum atomic E-state index is -0.894. The number of hydrogen-bond acceptors (Lipinski definition) is 3. The zero-order valence-corrected chi connectivity index (χ0v) is 17.8. The number of amides is 3. The quantitative estimate of drug-likeness (QED) is 0.516. The SMILES string of the molecule is CC(C)CNC(=O)C(=O)Nn1c(C(=O)Nc2ccccc2Cl)cc2cc(Cl)ccc21. The summed E-state index contributed by atoms with van der Waals surface area (Å²) in [5, 5.41) is 6.71. The first-order chi connectivity index (χ1) is 14.3. The van der Waals surface area contributed by atoms with E-state index in [0.29, 0.717) is 33.2 Å². The lowest BCUT2D eigenvalue weighted by atomic mass is 10.2. The van der Waals surface area contributed by atoms with Gasteiger partial charge in [-0.2, -0.15) is 0 Å². The Balaban J connectivity index is 1.94. The third kappa shape index (κ3) is 4.93. The molecule has 30 heavy (non-hydrogen) atoms. The van der Waals surface area contributed by atoms with Crippen molar-refractivity contribution >= 4 is 57.5 Å². The normalized spacial score (nSPS) is 10.8. The number of anilines is 1. The van der Waals surface area contributed by atoms with Gasteiger partial charge in [-0.05, 0) is 42.3 Å². The molecule has 1 heterocycles. The first kappa shape index (κ1) is 21.7. The molecule has 7 nitrogen and oxygen atoms in total. The van der Waals surface area contributed by atoms with Crippen LogP contribution in [0.4, 0.5) is 5.69 Å². The minimum absolute atomic E-state index is 0.109. The zero-order valence-electron chi connectivity index (χ0n) is 16.3. The molecule has 0 bridgehead atoms. The highest BCUT2D eigenvalue weighted by Crippen LogP contribution is 2.25. The summed E-state index contributed by atoms with van der Waals surface area (Å²) >= 11 is 12.2. The van der Waals surface area contributed by atoms with Crippen molar-refractivity contribution in [2.24, 2.45) is 5.92 Å². The monoisotopic (exact) mass is 446 g/mol. The molecule has 3 amide bonds. The first-order valence-corrected chi connectivity index (χ1v) is 9.98. The standard InChI is InChI=1S/C21H20Cl2N4O3/c1-12(2)11-24-20(29)21(30)26-27-17-8-7-14(22)9-13(17)10-18(27)19(28)25-16-6-4-3-5-15(16)23/h3-10,12H,11H2,1-2H3,(H,24,29)(H,25,28)(H,26,30). The fourth-order valence-corrected chi connectivity index (χ4v) is 3.12. The number of para-hydroxylation sites is 1. The summed E-state index contributed by atoms with van der Waals surface area (Å²) in [7, 11) is 0. The number of fused-ring (bicyclic) bond motifs is 1. The molecule has 0 atom stereocenters. The number of nitrogens with zero attached hydrogens (tertiary/aromatic N) is 1. The van der Waals surface area contributed by atoms with Crippen LogP contribution in [-0.2, 0) is 9.59 Å². The van der Waals surface area contributed by atoms with Gasteiger partial charge in [0.2, 0.25) is 0 Å². The molecule has 2 aromatic carbocycles. The average Bonchev–Trinajstić information content (AvgIpc) is 3.05. The van der Waals surface area contributed by atoms with Gasteiger partial charge in [0.15, 0.2) is 0 Å². The van der Waals surface area contributed by atoms with Gasteiger partial charge in [-0.15, -0.1) is 0 Å². The lowest BCUT2D eigenvalue weighted by molar-refractivity contribution is -0.136. The number of carbonyl (C=O) groups excluding carboxylic acids is 3. The van der Waals surface area contributed by atoms with Gasteiger partial charge in [-0.1, -0.05) is 49.2 Å². The van der Waals surface area contributed by atoms with E-state index in [-0.39, 0.29) is 11.6 Å². The van der Waals surface area contributed by atoms with Crippen molar-refractivity contribution in [1.29, 1.82) is 0 Å². The van der Waals surface area contributed by atoms with Crippen LogP contribution >= 0.6 is 23.2 Å². The Kier molecular flexibility index (Phi) is 6.64. The fraction of sp³-hybridized carbons (Fsp3) is 0.190. The molecule has 3 N–H and O–H groups in total. The average molecular weight is 447 g/mol. The maximum atomic E-state index is 12.9. The van der Waals surface area contributed by atoms with Gasteiger partial charge in [-0.3, -0.25) is 19.8 Å².